The first kappa shape index (κ1) is 24.1. The number of hydrogen-bond donors (Lipinski definition) is 1. The summed E-state index contributed by atoms with van der Waals surface area (Å²) in [6.07, 6.45) is 7.45. The molecule has 1 N–H and O–H groups in total. The molecule has 175 valence electrons. The predicted octanol–water partition coefficient (Wildman–Crippen LogP) is 6.84. The normalized spacial score (nSPS) is 17.4. The Morgan fingerprint density at radius 3 is 2.32 bits per heavy atom. The molecule has 1 radical (unpaired) electrons. The minimum absolute atomic E-state index is 0. The number of carbonyl (C=O) groups is 1. The summed E-state index contributed by atoms with van der Waals surface area (Å²) in [5.74, 6) is 0.972. The van der Waals surface area contributed by atoms with E-state index in [9.17, 15) is 9.90 Å². The first-order chi connectivity index (χ1) is 16.2. The van der Waals surface area contributed by atoms with E-state index in [1.165, 1.54) is 0 Å². The molecule has 2 aromatic heterocycles. The van der Waals surface area contributed by atoms with Crippen LogP contribution >= 0.6 is 0 Å². The number of hydrogen-bond acceptors (Lipinski definition) is 3. The number of rotatable bonds is 2. The van der Waals surface area contributed by atoms with E-state index in [1.807, 2.05) is 48.7 Å². The van der Waals surface area contributed by atoms with Crippen molar-refractivity contribution in [3.8, 4) is 17.1 Å². The number of ketones is 1. The minimum Gasteiger partial charge on any atom is -0.512 e. The number of pyridine rings is 1. The van der Waals surface area contributed by atoms with E-state index in [0.29, 0.717) is 18.1 Å². The summed E-state index contributed by atoms with van der Waals surface area (Å²) in [5, 5.41) is 10.6. The van der Waals surface area contributed by atoms with E-state index >= 15 is 0 Å². The average molecular weight is 628 g/mol. The van der Waals surface area contributed by atoms with Crippen LogP contribution in [0, 0.1) is 12.0 Å². The van der Waals surface area contributed by atoms with Crippen molar-refractivity contribution in [2.75, 3.05) is 0 Å². The van der Waals surface area contributed by atoms with Crippen LogP contribution in [0.5, 0.6) is 0 Å². The zero-order valence-corrected chi connectivity index (χ0v) is 21.3. The molecule has 2 heterocycles. The number of aliphatic hydroxyl groups excluding tert-OH is 1. The summed E-state index contributed by atoms with van der Waals surface area (Å²) in [7, 11) is 0. The van der Waals surface area contributed by atoms with Crippen LogP contribution in [-0.2, 0) is 24.9 Å². The Kier molecular flexibility index (Phi) is 7.76. The van der Waals surface area contributed by atoms with E-state index in [0.717, 1.165) is 65.7 Å². The minimum atomic E-state index is 0. The van der Waals surface area contributed by atoms with Crippen molar-refractivity contribution in [1.82, 2.24) is 9.55 Å². The summed E-state index contributed by atoms with van der Waals surface area (Å²) in [6.45, 7) is 0. The van der Waals surface area contributed by atoms with Crippen LogP contribution in [0.3, 0.4) is 0 Å². The van der Waals surface area contributed by atoms with Crippen molar-refractivity contribution in [3.63, 3.8) is 0 Å². The first-order valence-electron chi connectivity index (χ1n) is 11.7. The number of Topliss-reactive ketones (excluding diaryl/α,β-unsaturated/α-hetero) is 1. The van der Waals surface area contributed by atoms with Crippen LogP contribution in [0.2, 0.25) is 0 Å². The van der Waals surface area contributed by atoms with Gasteiger partial charge >= 0.3 is 0 Å². The van der Waals surface area contributed by atoms with Crippen molar-refractivity contribution < 1.29 is 30.0 Å². The van der Waals surface area contributed by atoms with Crippen LogP contribution in [-0.4, -0.2) is 20.4 Å². The summed E-state index contributed by atoms with van der Waals surface area (Å²) >= 11 is 0. The number of allylic oxidation sites excluding steroid dienone is 2. The van der Waals surface area contributed by atoms with Gasteiger partial charge < -0.3 is 14.7 Å². The van der Waals surface area contributed by atoms with Gasteiger partial charge in [-0.2, -0.15) is 0 Å². The Morgan fingerprint density at radius 2 is 1.59 bits per heavy atom. The largest absolute Gasteiger partial charge is 0.512 e. The maximum absolute atomic E-state index is 11.4. The number of carbonyl (C=O) groups excluding carboxylic acids is 1. The number of fused-ring (bicyclic) bond motifs is 2. The Labute approximate surface area is 213 Å². The van der Waals surface area contributed by atoms with Gasteiger partial charge in [0.05, 0.1) is 5.76 Å². The van der Waals surface area contributed by atoms with Gasteiger partial charge in [0.1, 0.15) is 0 Å². The van der Waals surface area contributed by atoms with Gasteiger partial charge in [-0.1, -0.05) is 42.5 Å². The fourth-order valence-corrected chi connectivity index (χ4v) is 4.96. The maximum atomic E-state index is 11.4. The molecule has 0 spiro atoms. The fourth-order valence-electron chi connectivity index (χ4n) is 4.96. The molecule has 4 nitrogen and oxygen atoms in total. The smallest absolute Gasteiger partial charge is 0.162 e. The Morgan fingerprint density at radius 1 is 0.882 bits per heavy atom. The molecule has 0 saturated heterocycles. The van der Waals surface area contributed by atoms with E-state index in [1.54, 1.807) is 0 Å². The predicted molar refractivity (Wildman–Crippen MR) is 131 cm³/mol. The zero-order chi connectivity index (χ0) is 22.6. The molecule has 1 atom stereocenters. The summed E-state index contributed by atoms with van der Waals surface area (Å²) in [4.78, 5) is 15.9. The third-order valence-corrected chi connectivity index (χ3v) is 6.49. The SMILES string of the molecule is O=C1CCCC2CCCC(O)=C12.[Ir].[c-]1c(-c2ccccn2)n(-c2ccccc2)c2ccccc12. The molecule has 1 fully saturated rings. The molecule has 34 heavy (non-hydrogen) atoms. The van der Waals surface area contributed by atoms with Crippen molar-refractivity contribution in [2.45, 2.75) is 38.5 Å². The Hall–Kier alpha value is -3.01. The molecule has 0 aliphatic heterocycles. The Bertz CT molecular complexity index is 1300. The second-order valence-electron chi connectivity index (χ2n) is 8.64. The third kappa shape index (κ3) is 4.91. The van der Waals surface area contributed by atoms with E-state index in [2.05, 4.69) is 45.9 Å². The molecule has 1 saturated carbocycles. The number of aliphatic hydroxyl groups is 1. The quantitative estimate of drug-likeness (QED) is 0.248. The molecule has 2 aliphatic rings. The number of aromatic nitrogens is 2. The van der Waals surface area contributed by atoms with Gasteiger partial charge in [0.2, 0.25) is 0 Å². The van der Waals surface area contributed by atoms with Gasteiger partial charge in [0.15, 0.2) is 5.78 Å². The zero-order valence-electron chi connectivity index (χ0n) is 18.9. The van der Waals surface area contributed by atoms with Crippen molar-refractivity contribution in [2.24, 2.45) is 5.92 Å². The van der Waals surface area contributed by atoms with Crippen LogP contribution in [0.15, 0.2) is 90.3 Å². The topological polar surface area (TPSA) is 55.1 Å². The van der Waals surface area contributed by atoms with Crippen LogP contribution < -0.4 is 0 Å². The molecule has 0 bridgehead atoms. The van der Waals surface area contributed by atoms with Gasteiger partial charge in [0, 0.05) is 56.1 Å². The van der Waals surface area contributed by atoms with E-state index < -0.39 is 0 Å². The first-order valence-corrected chi connectivity index (χ1v) is 11.7. The molecule has 5 heteroatoms. The van der Waals surface area contributed by atoms with E-state index in [-0.39, 0.29) is 25.9 Å². The van der Waals surface area contributed by atoms with Crippen LogP contribution in [0.25, 0.3) is 28.0 Å². The molecule has 2 aliphatic carbocycles. The molecule has 4 aromatic rings. The van der Waals surface area contributed by atoms with Gasteiger partial charge in [0.25, 0.3) is 0 Å². The Balaban J connectivity index is 0.000000180. The molecule has 1 unspecified atom stereocenters. The number of para-hydroxylation sites is 2. The monoisotopic (exact) mass is 628 g/mol. The molecule has 6 rings (SSSR count). The summed E-state index contributed by atoms with van der Waals surface area (Å²) in [6, 6.07) is 28.1. The van der Waals surface area contributed by atoms with Gasteiger partial charge in [-0.15, -0.1) is 23.6 Å². The van der Waals surface area contributed by atoms with Crippen LogP contribution in [0.4, 0.5) is 0 Å². The molecule has 2 aromatic carbocycles. The van der Waals surface area contributed by atoms with Crippen molar-refractivity contribution >= 4 is 16.7 Å². The second kappa shape index (κ2) is 10.9. The van der Waals surface area contributed by atoms with Gasteiger partial charge in [-0.3, -0.25) is 4.79 Å². The standard InChI is InChI=1S/C19H13N2.C10H14O2.Ir/c1-2-9-16(10-3-1)21-18-12-5-4-8-15(18)14-19(21)17-11-6-7-13-20-17;11-8-5-1-3-7-4-2-6-9(12)10(7)8;/h1-13H;7,11H,1-6H2;/q-1;;. The molecule has 0 amide bonds. The number of benzene rings is 2. The van der Waals surface area contributed by atoms with Crippen molar-refractivity contribution in [1.29, 1.82) is 0 Å². The summed E-state index contributed by atoms with van der Waals surface area (Å²) in [5.41, 5.74) is 4.95. The third-order valence-electron chi connectivity index (χ3n) is 6.49. The summed E-state index contributed by atoms with van der Waals surface area (Å²) < 4.78 is 2.21. The van der Waals surface area contributed by atoms with Gasteiger partial charge in [-0.25, -0.2) is 0 Å². The van der Waals surface area contributed by atoms with Gasteiger partial charge in [-0.05, 0) is 61.0 Å². The second-order valence-corrected chi connectivity index (χ2v) is 8.64. The maximum Gasteiger partial charge on any atom is 0.162 e. The molecular formula is C29H27IrN2O2-. The molecular weight excluding hydrogens is 601 g/mol. The van der Waals surface area contributed by atoms with E-state index in [4.69, 9.17) is 0 Å². The number of nitrogens with zero attached hydrogens (tertiary/aromatic N) is 2. The van der Waals surface area contributed by atoms with Crippen LogP contribution in [0.1, 0.15) is 38.5 Å². The fraction of sp³-hybridized carbons (Fsp3) is 0.241. The van der Waals surface area contributed by atoms with Crippen molar-refractivity contribution in [3.05, 3.63) is 96.4 Å². The average Bonchev–Trinajstić information content (AvgIpc) is 3.25.